The average molecular weight is 209 g/mol. The van der Waals surface area contributed by atoms with Gasteiger partial charge in [-0.2, -0.15) is 0 Å². The van der Waals surface area contributed by atoms with Gasteiger partial charge in [0, 0.05) is 18.2 Å². The normalized spacial score (nSPS) is 10.6. The number of ether oxygens (including phenoxy) is 2. The van der Waals surface area contributed by atoms with Gasteiger partial charge >= 0.3 is 0 Å². The molecule has 4 heteroatoms. The van der Waals surface area contributed by atoms with Crippen LogP contribution in [0.25, 0.3) is 6.08 Å². The predicted molar refractivity (Wildman–Crippen MR) is 59.3 cm³/mol. The number of methoxy groups -OCH3 is 2. The van der Waals surface area contributed by atoms with E-state index in [1.807, 2.05) is 0 Å². The summed E-state index contributed by atoms with van der Waals surface area (Å²) < 4.78 is 10.2. The first-order valence-electron chi connectivity index (χ1n) is 4.54. The van der Waals surface area contributed by atoms with Gasteiger partial charge in [0.05, 0.1) is 14.2 Å². The molecular formula is C11H15NO3. The fraction of sp³-hybridized carbons (Fsp3) is 0.273. The smallest absolute Gasteiger partial charge is 0.164 e. The van der Waals surface area contributed by atoms with E-state index in [1.54, 1.807) is 25.3 Å². The zero-order valence-electron chi connectivity index (χ0n) is 8.86. The van der Waals surface area contributed by atoms with Crippen LogP contribution in [0.1, 0.15) is 5.56 Å². The van der Waals surface area contributed by atoms with Crippen LogP contribution in [0, 0.1) is 0 Å². The second-order valence-corrected chi connectivity index (χ2v) is 2.90. The minimum Gasteiger partial charge on any atom is -0.507 e. The Morgan fingerprint density at radius 3 is 2.40 bits per heavy atom. The SMILES string of the molecule is COc1cc(O)c(/C=C/CN)cc1OC. The molecule has 0 heterocycles. The van der Waals surface area contributed by atoms with Gasteiger partial charge in [0.2, 0.25) is 0 Å². The molecule has 3 N–H and O–H groups in total. The summed E-state index contributed by atoms with van der Waals surface area (Å²) in [5, 5.41) is 9.64. The first kappa shape index (κ1) is 11.4. The van der Waals surface area contributed by atoms with Gasteiger partial charge in [0.25, 0.3) is 0 Å². The van der Waals surface area contributed by atoms with Crippen LogP contribution in [0.5, 0.6) is 17.2 Å². The van der Waals surface area contributed by atoms with E-state index in [2.05, 4.69) is 0 Å². The van der Waals surface area contributed by atoms with Crippen molar-refractivity contribution in [3.63, 3.8) is 0 Å². The maximum Gasteiger partial charge on any atom is 0.164 e. The van der Waals surface area contributed by atoms with Crippen molar-refractivity contribution in [2.75, 3.05) is 20.8 Å². The van der Waals surface area contributed by atoms with Crippen LogP contribution in [-0.2, 0) is 0 Å². The van der Waals surface area contributed by atoms with Crippen LogP contribution in [0.3, 0.4) is 0 Å². The molecule has 1 aromatic carbocycles. The molecule has 0 saturated carbocycles. The van der Waals surface area contributed by atoms with Crippen LogP contribution < -0.4 is 15.2 Å². The van der Waals surface area contributed by atoms with Crippen LogP contribution in [0.2, 0.25) is 0 Å². The summed E-state index contributed by atoms with van der Waals surface area (Å²) in [6.07, 6.45) is 3.48. The van der Waals surface area contributed by atoms with Gasteiger partial charge in [-0.1, -0.05) is 12.2 Å². The molecule has 0 aromatic heterocycles. The van der Waals surface area contributed by atoms with Crippen molar-refractivity contribution in [2.45, 2.75) is 0 Å². The zero-order valence-corrected chi connectivity index (χ0v) is 8.86. The fourth-order valence-corrected chi connectivity index (χ4v) is 1.21. The molecule has 0 aliphatic heterocycles. The predicted octanol–water partition coefficient (Wildman–Crippen LogP) is 1.38. The van der Waals surface area contributed by atoms with Crippen molar-refractivity contribution in [3.8, 4) is 17.2 Å². The Morgan fingerprint density at radius 1 is 1.27 bits per heavy atom. The van der Waals surface area contributed by atoms with Crippen molar-refractivity contribution < 1.29 is 14.6 Å². The highest BCUT2D eigenvalue weighted by molar-refractivity contribution is 5.63. The summed E-state index contributed by atoms with van der Waals surface area (Å²) in [5.74, 6) is 1.21. The lowest BCUT2D eigenvalue weighted by Gasteiger charge is -2.09. The third-order valence-electron chi connectivity index (χ3n) is 1.97. The van der Waals surface area contributed by atoms with Crippen molar-refractivity contribution >= 4 is 6.08 Å². The van der Waals surface area contributed by atoms with Crippen molar-refractivity contribution in [1.29, 1.82) is 0 Å². The van der Waals surface area contributed by atoms with Crippen LogP contribution >= 0.6 is 0 Å². The first-order chi connectivity index (χ1) is 7.22. The Labute approximate surface area is 88.9 Å². The Hall–Kier alpha value is -1.68. The molecule has 0 aliphatic rings. The maximum atomic E-state index is 9.64. The van der Waals surface area contributed by atoms with Gasteiger partial charge in [0.15, 0.2) is 11.5 Å². The van der Waals surface area contributed by atoms with E-state index in [-0.39, 0.29) is 5.75 Å². The lowest BCUT2D eigenvalue weighted by molar-refractivity contribution is 0.351. The molecule has 0 unspecified atom stereocenters. The van der Waals surface area contributed by atoms with E-state index >= 15 is 0 Å². The van der Waals surface area contributed by atoms with Crippen LogP contribution in [0.15, 0.2) is 18.2 Å². The number of hydrogen-bond donors (Lipinski definition) is 2. The molecule has 0 aliphatic carbocycles. The molecule has 0 amide bonds. The molecule has 0 atom stereocenters. The molecule has 0 radical (unpaired) electrons. The molecule has 15 heavy (non-hydrogen) atoms. The fourth-order valence-electron chi connectivity index (χ4n) is 1.21. The number of aromatic hydroxyl groups is 1. The molecule has 1 rings (SSSR count). The largest absolute Gasteiger partial charge is 0.507 e. The molecule has 82 valence electrons. The molecule has 1 aromatic rings. The Kier molecular flexibility index (Phi) is 4.00. The van der Waals surface area contributed by atoms with Gasteiger partial charge in [-0.3, -0.25) is 0 Å². The van der Waals surface area contributed by atoms with E-state index in [4.69, 9.17) is 15.2 Å². The summed E-state index contributed by atoms with van der Waals surface area (Å²) in [6, 6.07) is 3.20. The lowest BCUT2D eigenvalue weighted by Crippen LogP contribution is -1.93. The molecule has 0 saturated heterocycles. The number of rotatable bonds is 4. The third-order valence-corrected chi connectivity index (χ3v) is 1.97. The standard InChI is InChI=1S/C11H15NO3/c1-14-10-6-8(4-3-5-12)9(13)7-11(10)15-2/h3-4,6-7,13H,5,12H2,1-2H3/b4-3+. The lowest BCUT2D eigenvalue weighted by atomic mass is 10.1. The Bertz CT molecular complexity index is 361. The van der Waals surface area contributed by atoms with Gasteiger partial charge in [-0.15, -0.1) is 0 Å². The molecule has 0 fully saturated rings. The van der Waals surface area contributed by atoms with Gasteiger partial charge < -0.3 is 20.3 Å². The zero-order chi connectivity index (χ0) is 11.3. The number of nitrogens with two attached hydrogens (primary N) is 1. The second kappa shape index (κ2) is 5.26. The molecule has 0 bridgehead atoms. The highest BCUT2D eigenvalue weighted by Crippen LogP contribution is 2.34. The van der Waals surface area contributed by atoms with Gasteiger partial charge in [0.1, 0.15) is 5.75 Å². The molecule has 4 nitrogen and oxygen atoms in total. The topological polar surface area (TPSA) is 64.7 Å². The van der Waals surface area contributed by atoms with E-state index < -0.39 is 0 Å². The monoisotopic (exact) mass is 209 g/mol. The van der Waals surface area contributed by atoms with Gasteiger partial charge in [-0.25, -0.2) is 0 Å². The average Bonchev–Trinajstić information content (AvgIpc) is 2.27. The minimum atomic E-state index is 0.136. The number of benzene rings is 1. The van der Waals surface area contributed by atoms with E-state index in [0.717, 1.165) is 0 Å². The highest BCUT2D eigenvalue weighted by atomic mass is 16.5. The van der Waals surface area contributed by atoms with Crippen molar-refractivity contribution in [1.82, 2.24) is 0 Å². The number of phenolic OH excluding ortho intramolecular Hbond substituents is 1. The summed E-state index contributed by atoms with van der Waals surface area (Å²) in [6.45, 7) is 0.424. The summed E-state index contributed by atoms with van der Waals surface area (Å²) in [5.41, 5.74) is 5.98. The maximum absolute atomic E-state index is 9.64. The Balaban J connectivity index is 3.13. The summed E-state index contributed by atoms with van der Waals surface area (Å²) >= 11 is 0. The molecule has 0 spiro atoms. The van der Waals surface area contributed by atoms with Gasteiger partial charge in [-0.05, 0) is 6.07 Å². The van der Waals surface area contributed by atoms with Crippen LogP contribution in [-0.4, -0.2) is 25.9 Å². The van der Waals surface area contributed by atoms with E-state index in [1.165, 1.54) is 13.2 Å². The van der Waals surface area contributed by atoms with Crippen molar-refractivity contribution in [3.05, 3.63) is 23.8 Å². The second-order valence-electron chi connectivity index (χ2n) is 2.90. The highest BCUT2D eigenvalue weighted by Gasteiger charge is 2.07. The Morgan fingerprint density at radius 2 is 1.87 bits per heavy atom. The quantitative estimate of drug-likeness (QED) is 0.786. The third kappa shape index (κ3) is 2.63. The summed E-state index contributed by atoms with van der Waals surface area (Å²) in [4.78, 5) is 0. The summed E-state index contributed by atoms with van der Waals surface area (Å²) in [7, 11) is 3.07. The first-order valence-corrected chi connectivity index (χ1v) is 4.54. The minimum absolute atomic E-state index is 0.136. The van der Waals surface area contributed by atoms with Crippen LogP contribution in [0.4, 0.5) is 0 Å². The molecular weight excluding hydrogens is 194 g/mol. The van der Waals surface area contributed by atoms with E-state index in [0.29, 0.717) is 23.6 Å². The van der Waals surface area contributed by atoms with Crippen molar-refractivity contribution in [2.24, 2.45) is 5.73 Å². The number of hydrogen-bond acceptors (Lipinski definition) is 4. The van der Waals surface area contributed by atoms with E-state index in [9.17, 15) is 5.11 Å². The number of phenols is 1.